The highest BCUT2D eigenvalue weighted by Crippen LogP contribution is 2.20. The molecule has 156 valence electrons. The van der Waals surface area contributed by atoms with E-state index in [-0.39, 0.29) is 11.7 Å². The van der Waals surface area contributed by atoms with Crippen LogP contribution in [0.4, 0.5) is 18.9 Å². The maximum absolute atomic E-state index is 13.7. The first-order chi connectivity index (χ1) is 13.6. The van der Waals surface area contributed by atoms with Crippen molar-refractivity contribution >= 4 is 23.5 Å². The van der Waals surface area contributed by atoms with Crippen molar-refractivity contribution in [3.05, 3.63) is 53.7 Å². The van der Waals surface area contributed by atoms with Gasteiger partial charge in [0.2, 0.25) is 0 Å². The number of hydrogen-bond acceptors (Lipinski definition) is 5. The van der Waals surface area contributed by atoms with Crippen molar-refractivity contribution in [2.75, 3.05) is 5.32 Å². The molecule has 7 nitrogen and oxygen atoms in total. The maximum atomic E-state index is 13.7. The Hall–Kier alpha value is -3.30. The van der Waals surface area contributed by atoms with Gasteiger partial charge in [0.15, 0.2) is 29.3 Å². The second kappa shape index (κ2) is 9.26. The van der Waals surface area contributed by atoms with Crippen LogP contribution in [-0.2, 0) is 14.3 Å². The topological polar surface area (TPSA) is 97.6 Å². The number of carbonyl (C=O) groups is 3. The first-order valence-electron chi connectivity index (χ1n) is 8.61. The molecule has 0 aliphatic carbocycles. The summed E-state index contributed by atoms with van der Waals surface area (Å²) in [5.41, 5.74) is -0.608. The molecule has 1 heterocycles. The fraction of sp³-hybridized carbons (Fsp3) is 0.316. The van der Waals surface area contributed by atoms with Gasteiger partial charge < -0.3 is 19.8 Å². The minimum absolute atomic E-state index is 0.0111. The van der Waals surface area contributed by atoms with Gasteiger partial charge in [0.25, 0.3) is 11.8 Å². The van der Waals surface area contributed by atoms with Gasteiger partial charge in [-0.25, -0.2) is 18.0 Å². The van der Waals surface area contributed by atoms with Gasteiger partial charge in [-0.15, -0.1) is 0 Å². The van der Waals surface area contributed by atoms with Gasteiger partial charge in [-0.05, 0) is 37.1 Å². The highest BCUT2D eigenvalue weighted by molar-refractivity contribution is 5.97. The summed E-state index contributed by atoms with van der Waals surface area (Å²) in [7, 11) is 0. The van der Waals surface area contributed by atoms with Crippen LogP contribution in [0.5, 0.6) is 0 Å². The predicted molar refractivity (Wildman–Crippen MR) is 95.3 cm³/mol. The normalized spacial score (nSPS) is 12.9. The molecule has 2 N–H and O–H groups in total. The number of amides is 2. The Balaban J connectivity index is 2.02. The number of benzene rings is 1. The van der Waals surface area contributed by atoms with Crippen LogP contribution < -0.4 is 10.6 Å². The number of esters is 1. The zero-order valence-electron chi connectivity index (χ0n) is 15.8. The van der Waals surface area contributed by atoms with Gasteiger partial charge in [0.05, 0.1) is 12.0 Å². The number of furan rings is 1. The Labute approximate surface area is 164 Å². The van der Waals surface area contributed by atoms with E-state index in [1.54, 1.807) is 13.8 Å². The van der Waals surface area contributed by atoms with Crippen molar-refractivity contribution in [3.8, 4) is 0 Å². The summed E-state index contributed by atoms with van der Waals surface area (Å²) >= 11 is 0. The van der Waals surface area contributed by atoms with Gasteiger partial charge in [-0.2, -0.15) is 0 Å². The van der Waals surface area contributed by atoms with E-state index in [1.807, 2.05) is 5.32 Å². The van der Waals surface area contributed by atoms with E-state index in [9.17, 15) is 27.6 Å². The third-order valence-electron chi connectivity index (χ3n) is 3.91. The summed E-state index contributed by atoms with van der Waals surface area (Å²) in [6, 6.07) is 3.29. The minimum atomic E-state index is -1.74. The monoisotopic (exact) mass is 412 g/mol. The van der Waals surface area contributed by atoms with Crippen molar-refractivity contribution in [3.63, 3.8) is 0 Å². The molecule has 0 saturated heterocycles. The van der Waals surface area contributed by atoms with Crippen LogP contribution in [0.1, 0.15) is 31.3 Å². The molecule has 0 spiro atoms. The molecule has 0 unspecified atom stereocenters. The van der Waals surface area contributed by atoms with E-state index in [1.165, 1.54) is 25.3 Å². The van der Waals surface area contributed by atoms with Crippen molar-refractivity contribution in [1.29, 1.82) is 0 Å². The molecular weight excluding hydrogens is 393 g/mol. The number of ether oxygens (including phenoxy) is 1. The van der Waals surface area contributed by atoms with E-state index in [2.05, 4.69) is 5.32 Å². The Morgan fingerprint density at radius 1 is 1.03 bits per heavy atom. The summed E-state index contributed by atoms with van der Waals surface area (Å²) in [6.07, 6.45) is -0.113. The van der Waals surface area contributed by atoms with Gasteiger partial charge in [-0.1, -0.05) is 13.8 Å². The van der Waals surface area contributed by atoms with Crippen LogP contribution in [0.3, 0.4) is 0 Å². The molecule has 2 atom stereocenters. The highest BCUT2D eigenvalue weighted by Gasteiger charge is 2.30. The number of rotatable bonds is 7. The zero-order valence-corrected chi connectivity index (χ0v) is 15.8. The molecule has 2 aromatic rings. The number of carbonyl (C=O) groups excluding carboxylic acids is 3. The smallest absolute Gasteiger partial charge is 0.329 e. The predicted octanol–water partition coefficient (Wildman–Crippen LogP) is 3.02. The van der Waals surface area contributed by atoms with Crippen LogP contribution >= 0.6 is 0 Å². The van der Waals surface area contributed by atoms with E-state index in [0.717, 1.165) is 6.07 Å². The van der Waals surface area contributed by atoms with Crippen LogP contribution in [-0.4, -0.2) is 29.9 Å². The molecule has 0 aliphatic rings. The van der Waals surface area contributed by atoms with Crippen molar-refractivity contribution in [2.45, 2.75) is 32.9 Å². The van der Waals surface area contributed by atoms with E-state index in [4.69, 9.17) is 9.15 Å². The van der Waals surface area contributed by atoms with E-state index < -0.39 is 53.1 Å². The van der Waals surface area contributed by atoms with Crippen LogP contribution in [0.2, 0.25) is 0 Å². The molecule has 29 heavy (non-hydrogen) atoms. The molecule has 0 fully saturated rings. The molecule has 0 radical (unpaired) electrons. The zero-order chi connectivity index (χ0) is 21.7. The standard InChI is InChI=1S/C19H19F3N2O5/c1-9(2)16(24-18(26)13-5-4-8-28-13)19(27)29-10(3)17(25)23-12-7-6-11(20)14(21)15(12)22/h4-10,16H,1-3H3,(H,23,25)(H,24,26)/t10-,16+/m1/s1. The molecule has 0 aliphatic heterocycles. The third kappa shape index (κ3) is 5.37. The molecule has 1 aromatic carbocycles. The van der Waals surface area contributed by atoms with Crippen molar-refractivity contribution in [2.24, 2.45) is 5.92 Å². The number of hydrogen-bond donors (Lipinski definition) is 2. The second-order valence-electron chi connectivity index (χ2n) is 6.46. The van der Waals surface area contributed by atoms with Gasteiger partial charge in [-0.3, -0.25) is 9.59 Å². The summed E-state index contributed by atoms with van der Waals surface area (Å²) < 4.78 is 49.9. The fourth-order valence-electron chi connectivity index (χ4n) is 2.28. The third-order valence-corrected chi connectivity index (χ3v) is 3.91. The maximum Gasteiger partial charge on any atom is 0.329 e. The average Bonchev–Trinajstić information content (AvgIpc) is 3.20. The Kier molecular flexibility index (Phi) is 7.03. The minimum Gasteiger partial charge on any atom is -0.459 e. The second-order valence-corrected chi connectivity index (χ2v) is 6.46. The fourth-order valence-corrected chi connectivity index (χ4v) is 2.28. The van der Waals surface area contributed by atoms with Crippen molar-refractivity contribution < 1.29 is 36.7 Å². The summed E-state index contributed by atoms with van der Waals surface area (Å²) in [5.74, 6) is -7.66. The molecular formula is C19H19F3N2O5. The summed E-state index contributed by atoms with van der Waals surface area (Å²) in [4.78, 5) is 36.6. The largest absolute Gasteiger partial charge is 0.459 e. The Bertz CT molecular complexity index is 899. The van der Waals surface area contributed by atoms with E-state index in [0.29, 0.717) is 6.07 Å². The van der Waals surface area contributed by atoms with Gasteiger partial charge in [0.1, 0.15) is 6.04 Å². The lowest BCUT2D eigenvalue weighted by molar-refractivity contribution is -0.156. The number of anilines is 1. The quantitative estimate of drug-likeness (QED) is 0.538. The first kappa shape index (κ1) is 22.0. The van der Waals surface area contributed by atoms with Crippen LogP contribution in [0.15, 0.2) is 34.9 Å². The molecule has 0 bridgehead atoms. The summed E-state index contributed by atoms with van der Waals surface area (Å²) in [6.45, 7) is 4.50. The molecule has 0 saturated carbocycles. The Morgan fingerprint density at radius 2 is 1.72 bits per heavy atom. The lowest BCUT2D eigenvalue weighted by Crippen LogP contribution is -2.47. The first-order valence-corrected chi connectivity index (χ1v) is 8.61. The number of halogens is 3. The average molecular weight is 412 g/mol. The van der Waals surface area contributed by atoms with Crippen LogP contribution in [0, 0.1) is 23.4 Å². The SMILES string of the molecule is CC(C)[C@H](NC(=O)c1ccco1)C(=O)O[C@H](C)C(=O)Nc1ccc(F)c(F)c1F. The molecule has 1 aromatic heterocycles. The molecule has 2 rings (SSSR count). The lowest BCUT2D eigenvalue weighted by atomic mass is 10.0. The van der Waals surface area contributed by atoms with Crippen LogP contribution in [0.25, 0.3) is 0 Å². The van der Waals surface area contributed by atoms with Gasteiger partial charge in [0, 0.05) is 0 Å². The Morgan fingerprint density at radius 3 is 2.31 bits per heavy atom. The van der Waals surface area contributed by atoms with E-state index >= 15 is 0 Å². The molecule has 2 amide bonds. The number of nitrogens with one attached hydrogen (secondary N) is 2. The van der Waals surface area contributed by atoms with Crippen molar-refractivity contribution in [1.82, 2.24) is 5.32 Å². The lowest BCUT2D eigenvalue weighted by Gasteiger charge is -2.22. The highest BCUT2D eigenvalue weighted by atomic mass is 19.2. The van der Waals surface area contributed by atoms with Gasteiger partial charge >= 0.3 is 5.97 Å². The molecule has 10 heteroatoms. The summed E-state index contributed by atoms with van der Waals surface area (Å²) in [5, 5.41) is 4.46.